The molecule has 22 rings (SSSR count). The summed E-state index contributed by atoms with van der Waals surface area (Å²) in [6.45, 7) is 25.8. The monoisotopic (exact) mass is 2010 g/mol. The van der Waals surface area contributed by atoms with E-state index < -0.39 is 5.54 Å². The predicted molar refractivity (Wildman–Crippen MR) is 557 cm³/mol. The number of aliphatic hydroxyl groups excluding tert-OH is 1. The molecule has 5 aliphatic carbocycles. The Kier molecular flexibility index (Phi) is 28.4. The zero-order chi connectivity index (χ0) is 96.1. The number of carbonyl (C=O) groups is 4. The van der Waals surface area contributed by atoms with Gasteiger partial charge in [-0.15, -0.1) is 0 Å². The lowest BCUT2D eigenvalue weighted by atomic mass is 9.96. The second kappa shape index (κ2) is 40.8. The third kappa shape index (κ3) is 19.1. The summed E-state index contributed by atoms with van der Waals surface area (Å²) in [4.78, 5) is 110. The number of guanidine groups is 4. The lowest BCUT2D eigenvalue weighted by molar-refractivity contribution is 0.0828. The van der Waals surface area contributed by atoms with Crippen LogP contribution in [0.5, 0.6) is 0 Å². The Morgan fingerprint density at radius 2 is 0.855 bits per heavy atom. The van der Waals surface area contributed by atoms with Crippen molar-refractivity contribution >= 4 is 157 Å². The molecule has 9 aromatic rings. The molecule has 5 aromatic carbocycles. The third-order valence-corrected chi connectivity index (χ3v) is 32.0. The molecular weight excluding hydrogens is 1890 g/mol. The first-order chi connectivity index (χ1) is 66.8. The van der Waals surface area contributed by atoms with Crippen LogP contribution in [-0.4, -0.2) is 217 Å². The van der Waals surface area contributed by atoms with Gasteiger partial charge < -0.3 is 26.4 Å². The number of hydrogen-bond donors (Lipinski definition) is 5. The van der Waals surface area contributed by atoms with E-state index in [0.717, 1.165) is 167 Å². The van der Waals surface area contributed by atoms with Gasteiger partial charge in [-0.3, -0.25) is 81.6 Å². The number of anilines is 8. The van der Waals surface area contributed by atoms with Gasteiger partial charge in [-0.1, -0.05) is 212 Å². The van der Waals surface area contributed by atoms with Gasteiger partial charge in [-0.2, -0.15) is 19.9 Å². The van der Waals surface area contributed by atoms with Crippen LogP contribution in [0, 0.1) is 27.7 Å². The number of aryl methyl sites for hydroxylation is 3. The number of nitrogens with zero attached hydrogens (tertiary/aromatic N) is 20. The maximum absolute atomic E-state index is 14.0. The van der Waals surface area contributed by atoms with Crippen molar-refractivity contribution in [3.05, 3.63) is 207 Å². The normalized spacial score (nSPS) is 20.1. The molecule has 0 radical (unpaired) electrons. The number of hydrogen-bond acceptors (Lipinski definition) is 21. The van der Waals surface area contributed by atoms with Crippen molar-refractivity contribution in [2.24, 2.45) is 20.0 Å². The van der Waals surface area contributed by atoms with E-state index in [4.69, 9.17) is 81.3 Å². The molecule has 4 amide bonds. The second-order valence-electron chi connectivity index (χ2n) is 39.3. The highest BCUT2D eigenvalue weighted by Crippen LogP contribution is 2.47. The highest BCUT2D eigenvalue weighted by Gasteiger charge is 2.52. The Morgan fingerprint density at radius 1 is 0.442 bits per heavy atom. The minimum absolute atomic E-state index is 0.0121. The fourth-order valence-corrected chi connectivity index (χ4v) is 23.2. The number of benzene rings is 5. The summed E-state index contributed by atoms with van der Waals surface area (Å²) < 4.78 is 9.20. The number of carbonyl (C=O) groups excluding carboxylic acids is 4. The summed E-state index contributed by atoms with van der Waals surface area (Å²) in [6.07, 6.45) is 28.9. The fraction of sp³-hybridized carbons (Fsp3) is 0.500. The van der Waals surface area contributed by atoms with Crippen LogP contribution in [0.25, 0.3) is 0 Å². The van der Waals surface area contributed by atoms with E-state index in [0.29, 0.717) is 164 Å². The van der Waals surface area contributed by atoms with Crippen LogP contribution in [0.1, 0.15) is 261 Å². The maximum atomic E-state index is 14.0. The molecule has 34 heteroatoms. The molecule has 4 fully saturated rings. The van der Waals surface area contributed by atoms with Gasteiger partial charge >= 0.3 is 0 Å². The second-order valence-corrected chi connectivity index (χ2v) is 41.8. The van der Waals surface area contributed by atoms with Crippen LogP contribution in [0.3, 0.4) is 0 Å². The quantitative estimate of drug-likeness (QED) is 0.0372. The number of halogens is 5. The van der Waals surface area contributed by atoms with Gasteiger partial charge in [0, 0.05) is 82.0 Å². The average Bonchev–Trinajstić information content (AvgIpc) is 1.56. The number of rotatable bonds is 23. The molecule has 4 saturated carbocycles. The minimum Gasteiger partial charge on any atom is -0.394 e. The topological polar surface area (TPSA) is 283 Å². The first-order valence-corrected chi connectivity index (χ1v) is 52.3. The SMILES string of the molecule is CCN1C(=O)c2c(nc(NC3(CO)CC=CC3)n2Cc2ccc(C)c(Cl)c2)N2CCN=C12.CCN1C(=O)c2c(nc(NC3CCCCC3)n2Cc2cc(Cl)c(C)c(Cl)c2)N2CC3(CCCC3)N=C12.CCN1C(=O)c2c(nc(NC3CCCCC3)n2Cc2ccc(C)c(Br)c2)N2C[C@@H](C)N=C12.CCN1C(=O)c2c(nc(NC3CCCCC3)n2Cc2ccc(C)c(Cl)c2)N2C[C@@H](Cc3ccccc3)N=C12. The van der Waals surface area contributed by atoms with Gasteiger partial charge in [0.2, 0.25) is 47.6 Å². The Balaban J connectivity index is 0.000000118. The number of nitrogens with one attached hydrogen (secondary N) is 4. The van der Waals surface area contributed by atoms with Crippen molar-refractivity contribution in [1.82, 2.24) is 57.8 Å². The highest BCUT2D eigenvalue weighted by molar-refractivity contribution is 9.10. The third-order valence-electron chi connectivity index (χ3n) is 29.6. The molecule has 0 unspecified atom stereocenters. The molecule has 0 bridgehead atoms. The Bertz CT molecular complexity index is 6260. The van der Waals surface area contributed by atoms with E-state index in [9.17, 15) is 24.3 Å². The lowest BCUT2D eigenvalue weighted by Gasteiger charge is -2.33. The maximum Gasteiger partial charge on any atom is 0.281 e. The Labute approximate surface area is 837 Å². The van der Waals surface area contributed by atoms with Crippen LogP contribution in [-0.2, 0) is 32.6 Å². The summed E-state index contributed by atoms with van der Waals surface area (Å²) >= 11 is 29.5. The minimum atomic E-state index is -0.522. The van der Waals surface area contributed by atoms with Gasteiger partial charge in [0.05, 0.1) is 75.6 Å². The number of aliphatic imine (C=N–C) groups is 4. The summed E-state index contributed by atoms with van der Waals surface area (Å²) in [5.41, 5.74) is 11.3. The summed E-state index contributed by atoms with van der Waals surface area (Å²) in [6, 6.07) is 34.1. The predicted octanol–water partition coefficient (Wildman–Crippen LogP) is 20.0. The van der Waals surface area contributed by atoms with E-state index in [1.165, 1.54) is 81.8 Å². The molecular formula is C104H127BrCl4N24O5. The van der Waals surface area contributed by atoms with Gasteiger partial charge in [-0.05, 0) is 213 Å². The first kappa shape index (κ1) is 96.1. The lowest BCUT2D eigenvalue weighted by Crippen LogP contribution is -2.51. The van der Waals surface area contributed by atoms with Crippen molar-refractivity contribution in [2.45, 2.75) is 271 Å². The molecule has 13 aliphatic rings. The summed E-state index contributed by atoms with van der Waals surface area (Å²) in [7, 11) is 0. The molecule has 0 saturated heterocycles. The van der Waals surface area contributed by atoms with E-state index >= 15 is 0 Å². The van der Waals surface area contributed by atoms with Crippen molar-refractivity contribution in [2.75, 3.05) is 106 Å². The van der Waals surface area contributed by atoms with Crippen LogP contribution in [0.15, 0.2) is 134 Å². The first-order valence-electron chi connectivity index (χ1n) is 50.0. The summed E-state index contributed by atoms with van der Waals surface area (Å²) in [5, 5.41) is 27.4. The highest BCUT2D eigenvalue weighted by atomic mass is 79.9. The number of amides is 4. The molecule has 12 heterocycles. The standard InChI is InChI=1S/C30H35ClN6O.C27H34Cl2N6O.C24H31BrN6O.C23H27ClN6O2/c1-3-35-28(38)26-27(37-19-24(33-30(35)37)16-21-10-6-4-7-11-21)34-29(32-23-12-8-5-9-13-23)36(26)18-22-15-14-20(2)25(31)17-22;1-3-33-24(36)22-23(35-16-27(32-26(33)35)11-7-8-12-27)31-25(30-19-9-5-4-6-10-19)34(22)15-18-13-20(28)17(2)21(29)14-18;1-4-29-22(32)20-21(31-13-16(3)26-24(29)31)28-23(27-18-8-6-5-7-9-18)30(20)14-17-11-10-15(2)19(25)12-17;1-3-28-20(32)18-19(29-11-10-25-22(28)29)26-21(27-23(14-31)8-4-5-9-23)30(18)13-16-7-6-15(2)17(24)12-16/h4,6-7,10-11,14-15,17,23-24H,3,5,8-9,12-13,16,18-19H2,1-2H3,(H,32,34);13-14,19H,3-12,15-16H2,1-2H3,(H,30,31);10-12,16,18H,4-9,13-14H2,1-3H3,(H,27,28);4-7,12,31H,3,8-11,13-14H2,1-2H3,(H,26,27)/t24-;;16-;/m1.1./s1. The zero-order valence-corrected chi connectivity index (χ0v) is 85.3. The van der Waals surface area contributed by atoms with Gasteiger partial charge in [-0.25, -0.2) is 15.0 Å². The van der Waals surface area contributed by atoms with Crippen molar-refractivity contribution < 1.29 is 24.3 Å². The molecule has 8 aliphatic heterocycles. The number of aromatic nitrogens is 8. The Hall–Kier alpha value is -10.8. The molecule has 1 spiro atoms. The largest absolute Gasteiger partial charge is 0.394 e. The zero-order valence-electron chi connectivity index (χ0n) is 80.6. The Morgan fingerprint density at radius 3 is 1.33 bits per heavy atom. The fourth-order valence-electron chi connectivity index (χ4n) is 21.9. The van der Waals surface area contributed by atoms with Gasteiger partial charge in [0.1, 0.15) is 0 Å². The molecule has 29 nitrogen and oxygen atoms in total. The number of aliphatic hydroxyl groups is 1. The van der Waals surface area contributed by atoms with Gasteiger partial charge in [0.25, 0.3) is 23.6 Å². The smallest absolute Gasteiger partial charge is 0.281 e. The summed E-state index contributed by atoms with van der Waals surface area (Å²) in [5.74, 6) is 8.38. The van der Waals surface area contributed by atoms with E-state index in [-0.39, 0.29) is 47.9 Å². The van der Waals surface area contributed by atoms with Crippen LogP contribution < -0.4 is 40.9 Å². The van der Waals surface area contributed by atoms with Crippen LogP contribution >= 0.6 is 62.3 Å². The van der Waals surface area contributed by atoms with Crippen LogP contribution in [0.4, 0.5) is 47.1 Å². The van der Waals surface area contributed by atoms with Gasteiger partial charge in [0.15, 0.2) is 46.0 Å². The number of imidazole rings is 4. The molecule has 4 aromatic heterocycles. The molecule has 5 N–H and O–H groups in total. The van der Waals surface area contributed by atoms with E-state index in [1.807, 2.05) is 116 Å². The van der Waals surface area contributed by atoms with E-state index in [2.05, 4.69) is 141 Å². The molecule has 138 heavy (non-hydrogen) atoms. The average molecular weight is 2020 g/mol. The van der Waals surface area contributed by atoms with E-state index in [1.54, 1.807) is 14.7 Å². The van der Waals surface area contributed by atoms with Crippen molar-refractivity contribution in [3.63, 3.8) is 0 Å². The van der Waals surface area contributed by atoms with Crippen molar-refractivity contribution in [3.8, 4) is 0 Å². The molecule has 2 atom stereocenters. The van der Waals surface area contributed by atoms with Crippen molar-refractivity contribution in [1.29, 1.82) is 0 Å². The van der Waals surface area contributed by atoms with Crippen LogP contribution in [0.2, 0.25) is 20.1 Å². The molecule has 728 valence electrons. The number of fused-ring (bicyclic) bond motifs is 12.